The van der Waals surface area contributed by atoms with E-state index in [2.05, 4.69) is 4.98 Å². The van der Waals surface area contributed by atoms with Crippen LogP contribution in [-0.2, 0) is 0 Å². The lowest BCUT2D eigenvalue weighted by molar-refractivity contribution is 0.194. The van der Waals surface area contributed by atoms with Crippen LogP contribution in [-0.4, -0.2) is 10.1 Å². The third-order valence-electron chi connectivity index (χ3n) is 2.35. The van der Waals surface area contributed by atoms with Gasteiger partial charge >= 0.3 is 0 Å². The minimum absolute atomic E-state index is 0.0528. The van der Waals surface area contributed by atoms with E-state index in [0.29, 0.717) is 5.56 Å². The highest BCUT2D eigenvalue weighted by molar-refractivity contribution is 5.34. The fraction of sp³-hybridized carbons (Fsp3) is 0.154. The zero-order chi connectivity index (χ0) is 13.1. The van der Waals surface area contributed by atoms with E-state index in [9.17, 15) is 13.9 Å². The molecule has 0 fully saturated rings. The molecular formula is C13H11F2NO2. The van der Waals surface area contributed by atoms with E-state index >= 15 is 0 Å². The highest BCUT2D eigenvalue weighted by atomic mass is 19.1. The molecule has 3 nitrogen and oxygen atoms in total. The summed E-state index contributed by atoms with van der Waals surface area (Å²) in [6, 6.07) is 6.11. The Bertz CT molecular complexity index is 558. The Hall–Kier alpha value is -2.01. The van der Waals surface area contributed by atoms with Gasteiger partial charge in [0, 0.05) is 17.8 Å². The molecule has 94 valence electrons. The molecule has 1 N–H and O–H groups in total. The predicted molar refractivity (Wildman–Crippen MR) is 61.3 cm³/mol. The lowest BCUT2D eigenvalue weighted by atomic mass is 10.2. The molecule has 0 saturated carbocycles. The van der Waals surface area contributed by atoms with Crippen molar-refractivity contribution in [1.29, 1.82) is 0 Å². The fourth-order valence-corrected chi connectivity index (χ4v) is 1.47. The van der Waals surface area contributed by atoms with Gasteiger partial charge < -0.3 is 9.84 Å². The predicted octanol–water partition coefficient (Wildman–Crippen LogP) is 3.21. The van der Waals surface area contributed by atoms with Crippen molar-refractivity contribution in [3.8, 4) is 11.6 Å². The van der Waals surface area contributed by atoms with Crippen molar-refractivity contribution in [3.63, 3.8) is 0 Å². The summed E-state index contributed by atoms with van der Waals surface area (Å²) in [6.07, 6.45) is 0.628. The summed E-state index contributed by atoms with van der Waals surface area (Å²) in [4.78, 5) is 3.89. The third kappa shape index (κ3) is 2.62. The Morgan fingerprint density at radius 3 is 2.78 bits per heavy atom. The smallest absolute Gasteiger partial charge is 0.225 e. The van der Waals surface area contributed by atoms with Gasteiger partial charge in [-0.05, 0) is 31.2 Å². The molecule has 0 amide bonds. The minimum Gasteiger partial charge on any atom is -0.435 e. The molecule has 1 atom stereocenters. The summed E-state index contributed by atoms with van der Waals surface area (Å²) >= 11 is 0. The number of aliphatic hydroxyl groups excluding tert-OH is 1. The second-order valence-corrected chi connectivity index (χ2v) is 3.75. The van der Waals surface area contributed by atoms with Crippen LogP contribution in [0.25, 0.3) is 0 Å². The summed E-state index contributed by atoms with van der Waals surface area (Å²) < 4.78 is 31.6. The maximum absolute atomic E-state index is 13.4. The van der Waals surface area contributed by atoms with Crippen LogP contribution >= 0.6 is 0 Å². The Morgan fingerprint density at radius 2 is 2.06 bits per heavy atom. The van der Waals surface area contributed by atoms with Crippen molar-refractivity contribution in [3.05, 3.63) is 53.7 Å². The molecule has 0 saturated heterocycles. The Kier molecular flexibility index (Phi) is 3.53. The molecule has 1 aromatic carbocycles. The number of aliphatic hydroxyl groups is 1. The van der Waals surface area contributed by atoms with Crippen LogP contribution in [0.3, 0.4) is 0 Å². The Labute approximate surface area is 103 Å². The van der Waals surface area contributed by atoms with Gasteiger partial charge in [-0.25, -0.2) is 13.8 Å². The molecule has 0 aliphatic heterocycles. The molecule has 1 heterocycles. The normalized spacial score (nSPS) is 12.2. The summed E-state index contributed by atoms with van der Waals surface area (Å²) in [5, 5.41) is 9.52. The number of aromatic nitrogens is 1. The van der Waals surface area contributed by atoms with Gasteiger partial charge in [0.2, 0.25) is 5.88 Å². The number of rotatable bonds is 3. The molecule has 1 unspecified atom stereocenters. The van der Waals surface area contributed by atoms with Crippen LogP contribution in [0.15, 0.2) is 36.5 Å². The number of ether oxygens (including phenoxy) is 1. The van der Waals surface area contributed by atoms with E-state index in [1.165, 1.54) is 13.1 Å². The summed E-state index contributed by atoms with van der Waals surface area (Å²) in [5.41, 5.74) is 0.404. The molecule has 0 bridgehead atoms. The quantitative estimate of drug-likeness (QED) is 0.910. The van der Waals surface area contributed by atoms with Crippen LogP contribution in [0.2, 0.25) is 0 Å². The number of hydrogen-bond acceptors (Lipinski definition) is 3. The van der Waals surface area contributed by atoms with Crippen LogP contribution in [0.4, 0.5) is 8.78 Å². The highest BCUT2D eigenvalue weighted by Crippen LogP contribution is 2.29. The van der Waals surface area contributed by atoms with Gasteiger partial charge in [-0.3, -0.25) is 0 Å². The van der Waals surface area contributed by atoms with Crippen molar-refractivity contribution in [2.45, 2.75) is 13.0 Å². The number of halogens is 2. The molecule has 2 rings (SSSR count). The van der Waals surface area contributed by atoms with Crippen LogP contribution in [0.5, 0.6) is 11.6 Å². The molecule has 2 aromatic rings. The fourth-order valence-electron chi connectivity index (χ4n) is 1.47. The first-order chi connectivity index (χ1) is 8.58. The molecule has 18 heavy (non-hydrogen) atoms. The number of nitrogens with zero attached hydrogens (tertiary/aromatic N) is 1. The van der Waals surface area contributed by atoms with E-state index < -0.39 is 17.7 Å². The zero-order valence-corrected chi connectivity index (χ0v) is 9.60. The van der Waals surface area contributed by atoms with E-state index in [-0.39, 0.29) is 11.6 Å². The van der Waals surface area contributed by atoms with Gasteiger partial charge in [-0.1, -0.05) is 0 Å². The first kappa shape index (κ1) is 12.4. The SMILES string of the molecule is CC(O)c1cccnc1Oc1cc(F)ccc1F. The van der Waals surface area contributed by atoms with E-state index in [4.69, 9.17) is 4.74 Å². The van der Waals surface area contributed by atoms with Crippen molar-refractivity contribution in [2.75, 3.05) is 0 Å². The van der Waals surface area contributed by atoms with E-state index in [1.54, 1.807) is 12.1 Å². The molecule has 0 aliphatic carbocycles. The first-order valence-corrected chi connectivity index (χ1v) is 5.34. The minimum atomic E-state index is -0.815. The Morgan fingerprint density at radius 1 is 1.28 bits per heavy atom. The molecule has 5 heteroatoms. The number of hydrogen-bond donors (Lipinski definition) is 1. The van der Waals surface area contributed by atoms with Gasteiger partial charge in [0.05, 0.1) is 6.10 Å². The zero-order valence-electron chi connectivity index (χ0n) is 9.60. The van der Waals surface area contributed by atoms with Gasteiger partial charge in [-0.2, -0.15) is 0 Å². The molecule has 1 aromatic heterocycles. The molecule has 0 spiro atoms. The lowest BCUT2D eigenvalue weighted by Gasteiger charge is -2.11. The summed E-state index contributed by atoms with van der Waals surface area (Å²) in [7, 11) is 0. The topological polar surface area (TPSA) is 42.4 Å². The summed E-state index contributed by atoms with van der Waals surface area (Å²) in [6.45, 7) is 1.53. The van der Waals surface area contributed by atoms with Crippen LogP contribution < -0.4 is 4.74 Å². The molecule has 0 radical (unpaired) electrons. The van der Waals surface area contributed by atoms with E-state index in [0.717, 1.165) is 18.2 Å². The number of benzene rings is 1. The molecular weight excluding hydrogens is 240 g/mol. The average Bonchev–Trinajstić information content (AvgIpc) is 2.34. The maximum Gasteiger partial charge on any atom is 0.225 e. The van der Waals surface area contributed by atoms with Gasteiger partial charge in [0.25, 0.3) is 0 Å². The van der Waals surface area contributed by atoms with Crippen molar-refractivity contribution in [1.82, 2.24) is 4.98 Å². The maximum atomic E-state index is 13.4. The first-order valence-electron chi connectivity index (χ1n) is 5.34. The Balaban J connectivity index is 2.37. The number of pyridine rings is 1. The third-order valence-corrected chi connectivity index (χ3v) is 2.35. The van der Waals surface area contributed by atoms with E-state index in [1.807, 2.05) is 0 Å². The standard InChI is InChI=1S/C13H11F2NO2/c1-8(17)10-3-2-6-16-13(10)18-12-7-9(14)4-5-11(12)15/h2-8,17H,1H3. The van der Waals surface area contributed by atoms with Crippen LogP contribution in [0, 0.1) is 11.6 Å². The second-order valence-electron chi connectivity index (χ2n) is 3.75. The highest BCUT2D eigenvalue weighted by Gasteiger charge is 2.13. The van der Waals surface area contributed by atoms with Gasteiger partial charge in [0.1, 0.15) is 5.82 Å². The summed E-state index contributed by atoms with van der Waals surface area (Å²) in [5.74, 6) is -1.52. The average molecular weight is 251 g/mol. The largest absolute Gasteiger partial charge is 0.435 e. The van der Waals surface area contributed by atoms with Crippen molar-refractivity contribution in [2.24, 2.45) is 0 Å². The lowest BCUT2D eigenvalue weighted by Crippen LogP contribution is -1.99. The monoisotopic (exact) mass is 251 g/mol. The van der Waals surface area contributed by atoms with Crippen LogP contribution in [0.1, 0.15) is 18.6 Å². The van der Waals surface area contributed by atoms with Gasteiger partial charge in [-0.15, -0.1) is 0 Å². The second kappa shape index (κ2) is 5.10. The van der Waals surface area contributed by atoms with Gasteiger partial charge in [0.15, 0.2) is 11.6 Å². The van der Waals surface area contributed by atoms with Crippen molar-refractivity contribution >= 4 is 0 Å². The van der Waals surface area contributed by atoms with Crippen molar-refractivity contribution < 1.29 is 18.6 Å². The molecule has 0 aliphatic rings.